The molecule has 1 aromatic carbocycles. The normalized spacial score (nSPS) is 18.4. The van der Waals surface area contributed by atoms with Crippen molar-refractivity contribution in [1.82, 2.24) is 10.2 Å². The van der Waals surface area contributed by atoms with Crippen LogP contribution in [0.3, 0.4) is 0 Å². The molecule has 1 aromatic heterocycles. The summed E-state index contributed by atoms with van der Waals surface area (Å²) >= 11 is 7.57. The number of thiophene rings is 1. The van der Waals surface area contributed by atoms with Crippen LogP contribution in [0.4, 0.5) is 0 Å². The van der Waals surface area contributed by atoms with Crippen LogP contribution < -0.4 is 16.8 Å². The fourth-order valence-electron chi connectivity index (χ4n) is 4.28. The van der Waals surface area contributed by atoms with Gasteiger partial charge in [0, 0.05) is 37.1 Å². The van der Waals surface area contributed by atoms with Crippen LogP contribution >= 0.6 is 22.9 Å². The minimum absolute atomic E-state index is 0.0456. The molecule has 10 heteroatoms. The molecule has 188 valence electrons. The van der Waals surface area contributed by atoms with E-state index in [-0.39, 0.29) is 29.7 Å². The van der Waals surface area contributed by atoms with Crippen LogP contribution in [0.15, 0.2) is 52.5 Å². The average Bonchev–Trinajstić information content (AvgIpc) is 3.62. The number of halogens is 1. The summed E-state index contributed by atoms with van der Waals surface area (Å²) in [5, 5.41) is 14.7. The molecule has 2 amide bonds. The molecular formula is C26H29ClN6O2S. The van der Waals surface area contributed by atoms with Crippen molar-refractivity contribution in [2.75, 3.05) is 13.1 Å². The lowest BCUT2D eigenvalue weighted by atomic mass is 9.84. The summed E-state index contributed by atoms with van der Waals surface area (Å²) in [7, 11) is 0. The van der Waals surface area contributed by atoms with Gasteiger partial charge < -0.3 is 16.8 Å². The van der Waals surface area contributed by atoms with Crippen LogP contribution in [0.2, 0.25) is 4.34 Å². The number of hydrogen-bond acceptors (Lipinski definition) is 6. The van der Waals surface area contributed by atoms with Gasteiger partial charge in [0.05, 0.1) is 27.9 Å². The fourth-order valence-corrected chi connectivity index (χ4v) is 5.17. The number of aliphatic imine (C=N–C) groups is 1. The number of nitriles is 1. The van der Waals surface area contributed by atoms with E-state index in [0.29, 0.717) is 12.8 Å². The molecule has 2 aliphatic rings. The first kappa shape index (κ1) is 25.9. The Bertz CT molecular complexity index is 1220. The maximum Gasteiger partial charge on any atom is 0.253 e. The number of nitrogens with zero attached hydrogens (tertiary/aromatic N) is 3. The second-order valence-electron chi connectivity index (χ2n) is 9.40. The summed E-state index contributed by atoms with van der Waals surface area (Å²) in [5.74, 6) is -1.40. The summed E-state index contributed by atoms with van der Waals surface area (Å²) < 4.78 is 0.774. The summed E-state index contributed by atoms with van der Waals surface area (Å²) in [5.41, 5.74) is 14.3. The summed E-state index contributed by atoms with van der Waals surface area (Å²) in [6.07, 6.45) is 4.67. The van der Waals surface area contributed by atoms with Gasteiger partial charge >= 0.3 is 0 Å². The molecule has 5 N–H and O–H groups in total. The van der Waals surface area contributed by atoms with Gasteiger partial charge in [0.15, 0.2) is 0 Å². The summed E-state index contributed by atoms with van der Waals surface area (Å²) in [4.78, 5) is 30.1. The molecule has 0 radical (unpaired) electrons. The lowest BCUT2D eigenvalue weighted by Gasteiger charge is -2.41. The lowest BCUT2D eigenvalue weighted by molar-refractivity contribution is -0.118. The zero-order chi connectivity index (χ0) is 25.7. The Morgan fingerprint density at radius 1 is 1.22 bits per heavy atom. The van der Waals surface area contributed by atoms with E-state index >= 15 is 0 Å². The van der Waals surface area contributed by atoms with Gasteiger partial charge in [0.1, 0.15) is 5.84 Å². The molecule has 1 saturated heterocycles. The van der Waals surface area contributed by atoms with E-state index in [1.54, 1.807) is 0 Å². The standard InChI is InChI=1S/C26H29ClN6O2S/c27-22-13-20(16-36-22)18-3-1-17(2-4-18)15-33-11-8-26(7-10-28,9-12-33)31-14-21(24(30)34)23(29)32-25(35)19-5-6-19/h1-4,13-14,16,19,31H,5-9,11-12,15H2,(H2,30,34)(H2,29,32,35)/b21-14+. The monoisotopic (exact) mass is 524 g/mol. The third-order valence-electron chi connectivity index (χ3n) is 6.71. The van der Waals surface area contributed by atoms with Crippen molar-refractivity contribution in [2.24, 2.45) is 22.4 Å². The number of carbonyl (C=O) groups excluding carboxylic acids is 2. The molecule has 1 saturated carbocycles. The minimum Gasteiger partial charge on any atom is -0.384 e. The van der Waals surface area contributed by atoms with Crippen LogP contribution in [0, 0.1) is 17.2 Å². The maximum absolute atomic E-state index is 12.0. The summed E-state index contributed by atoms with van der Waals surface area (Å²) in [6.45, 7) is 2.36. The van der Waals surface area contributed by atoms with Gasteiger partial charge in [-0.15, -0.1) is 11.3 Å². The number of primary amides is 1. The second-order valence-corrected chi connectivity index (χ2v) is 10.9. The Labute approximate surface area is 219 Å². The SMILES string of the molecule is N#CCC1(N/C=C(/C(N)=O)C(N)=NC(=O)C2CC2)CCN(Cc2ccc(-c3csc(Cl)c3)cc2)CC1. The maximum atomic E-state index is 12.0. The van der Waals surface area contributed by atoms with Crippen LogP contribution in [0.1, 0.15) is 37.7 Å². The molecule has 0 spiro atoms. The molecule has 0 atom stereocenters. The number of hydrogen-bond donors (Lipinski definition) is 3. The molecule has 4 rings (SSSR count). The molecule has 1 aliphatic heterocycles. The summed E-state index contributed by atoms with van der Waals surface area (Å²) in [6, 6.07) is 12.7. The van der Waals surface area contributed by atoms with E-state index in [4.69, 9.17) is 23.1 Å². The van der Waals surface area contributed by atoms with Crippen LogP contribution in [-0.2, 0) is 16.1 Å². The van der Waals surface area contributed by atoms with Gasteiger partial charge in [0.25, 0.3) is 11.8 Å². The number of nitrogens with one attached hydrogen (secondary N) is 1. The molecule has 0 bridgehead atoms. The Kier molecular flexibility index (Phi) is 8.09. The lowest BCUT2D eigenvalue weighted by Crippen LogP contribution is -2.51. The fraction of sp³-hybridized carbons (Fsp3) is 0.385. The molecule has 2 heterocycles. The van der Waals surface area contributed by atoms with E-state index in [0.717, 1.165) is 47.9 Å². The van der Waals surface area contributed by atoms with Crippen LogP contribution in [0.25, 0.3) is 11.1 Å². The van der Waals surface area contributed by atoms with Crippen molar-refractivity contribution >= 4 is 40.6 Å². The molecule has 36 heavy (non-hydrogen) atoms. The van der Waals surface area contributed by atoms with Crippen LogP contribution in [0.5, 0.6) is 0 Å². The highest BCUT2D eigenvalue weighted by Gasteiger charge is 2.34. The Hall–Kier alpha value is -3.19. The molecule has 0 unspecified atom stereocenters. The number of amides is 2. The zero-order valence-corrected chi connectivity index (χ0v) is 21.4. The first-order valence-corrected chi connectivity index (χ1v) is 13.1. The van der Waals surface area contributed by atoms with Crippen molar-refractivity contribution in [3.63, 3.8) is 0 Å². The highest BCUT2D eigenvalue weighted by Crippen LogP contribution is 2.31. The van der Waals surface area contributed by atoms with Crippen molar-refractivity contribution < 1.29 is 9.59 Å². The minimum atomic E-state index is -0.773. The highest BCUT2D eigenvalue weighted by atomic mass is 35.5. The largest absolute Gasteiger partial charge is 0.384 e. The first-order valence-electron chi connectivity index (χ1n) is 11.9. The Morgan fingerprint density at radius 3 is 2.47 bits per heavy atom. The van der Waals surface area contributed by atoms with Gasteiger partial charge in [-0.25, -0.2) is 0 Å². The number of amidine groups is 1. The van der Waals surface area contributed by atoms with Gasteiger partial charge in [-0.1, -0.05) is 35.9 Å². The van der Waals surface area contributed by atoms with Crippen molar-refractivity contribution in [1.29, 1.82) is 5.26 Å². The van der Waals surface area contributed by atoms with Gasteiger partial charge in [0.2, 0.25) is 0 Å². The van der Waals surface area contributed by atoms with Crippen LogP contribution in [-0.4, -0.2) is 41.2 Å². The predicted octanol–water partition coefficient (Wildman–Crippen LogP) is 3.57. The van der Waals surface area contributed by atoms with Gasteiger partial charge in [-0.05, 0) is 48.4 Å². The average molecular weight is 525 g/mol. The van der Waals surface area contributed by atoms with Gasteiger partial charge in [-0.2, -0.15) is 10.3 Å². The second kappa shape index (κ2) is 11.2. The molecular weight excluding hydrogens is 496 g/mol. The Balaban J connectivity index is 1.38. The number of nitrogens with two attached hydrogens (primary N) is 2. The molecule has 1 aliphatic carbocycles. The number of likely N-dealkylation sites (tertiary alicyclic amines) is 1. The molecule has 8 nitrogen and oxygen atoms in total. The smallest absolute Gasteiger partial charge is 0.253 e. The Morgan fingerprint density at radius 2 is 1.92 bits per heavy atom. The topological polar surface area (TPSA) is 138 Å². The van der Waals surface area contributed by atoms with E-state index in [1.807, 2.05) is 11.4 Å². The number of piperidine rings is 1. The van der Waals surface area contributed by atoms with E-state index in [1.165, 1.54) is 23.1 Å². The quantitative estimate of drug-likeness (QED) is 0.260. The van der Waals surface area contributed by atoms with Crippen molar-refractivity contribution in [2.45, 2.75) is 44.2 Å². The van der Waals surface area contributed by atoms with Gasteiger partial charge in [-0.3, -0.25) is 14.5 Å². The molecule has 2 aromatic rings. The highest BCUT2D eigenvalue weighted by molar-refractivity contribution is 7.14. The third-order valence-corrected chi connectivity index (χ3v) is 7.80. The number of rotatable bonds is 9. The predicted molar refractivity (Wildman–Crippen MR) is 142 cm³/mol. The van der Waals surface area contributed by atoms with E-state index in [2.05, 4.69) is 45.5 Å². The number of carbonyl (C=O) groups is 2. The van der Waals surface area contributed by atoms with Crippen molar-refractivity contribution in [3.8, 4) is 17.2 Å². The number of benzene rings is 1. The third kappa shape index (κ3) is 6.52. The van der Waals surface area contributed by atoms with E-state index < -0.39 is 11.4 Å². The van der Waals surface area contributed by atoms with E-state index in [9.17, 15) is 14.9 Å². The first-order chi connectivity index (χ1) is 17.3. The van der Waals surface area contributed by atoms with Crippen molar-refractivity contribution in [3.05, 3.63) is 57.4 Å². The molecule has 2 fully saturated rings. The zero-order valence-electron chi connectivity index (χ0n) is 19.9.